The molecule has 0 saturated heterocycles. The molecule has 0 radical (unpaired) electrons. The van der Waals surface area contributed by atoms with Gasteiger partial charge < -0.3 is 14.6 Å². The normalized spacial score (nSPS) is 11.4. The van der Waals surface area contributed by atoms with Gasteiger partial charge in [0.15, 0.2) is 0 Å². The summed E-state index contributed by atoms with van der Waals surface area (Å²) in [4.78, 5) is 10.6. The Hall–Kier alpha value is 0.0700. The minimum atomic E-state index is -1.26. The zero-order valence-corrected chi connectivity index (χ0v) is 12.5. The summed E-state index contributed by atoms with van der Waals surface area (Å²) in [5.74, 6) is -0.972. The topological polar surface area (TPSA) is 49.4 Å². The average molecular weight is 271 g/mol. The molecule has 0 unspecified atom stereocenters. The van der Waals surface area contributed by atoms with Crippen LogP contribution in [0, 0.1) is 0 Å². The number of ether oxygens (including phenoxy) is 1. The van der Waals surface area contributed by atoms with Gasteiger partial charge in [0.1, 0.15) is 11.9 Å². The molecule has 0 spiro atoms. The van der Waals surface area contributed by atoms with Gasteiger partial charge in [-0.2, -0.15) is 0 Å². The fourth-order valence-corrected chi connectivity index (χ4v) is 1.48. The van der Waals surface area contributed by atoms with Gasteiger partial charge in [0.25, 0.3) is 0 Å². The maximum atomic E-state index is 10.6. The van der Waals surface area contributed by atoms with E-state index in [0.29, 0.717) is 11.4 Å². The van der Waals surface area contributed by atoms with Gasteiger partial charge in [-0.25, -0.2) is 0 Å². The monoisotopic (exact) mass is 270 g/mol. The number of carbonyl (C=O) groups excluding carboxylic acids is 1. The van der Waals surface area contributed by atoms with E-state index in [0.717, 1.165) is 0 Å². The Labute approximate surface area is 126 Å². The van der Waals surface area contributed by atoms with Crippen molar-refractivity contribution in [3.63, 3.8) is 0 Å². The second-order valence-electron chi connectivity index (χ2n) is 2.91. The van der Waals surface area contributed by atoms with E-state index in [1.165, 1.54) is 12.1 Å². The Kier molecular flexibility index (Phi) is 7.44. The Bertz CT molecular complexity index is 371. The van der Waals surface area contributed by atoms with Crippen molar-refractivity contribution in [2.75, 3.05) is 0 Å². The summed E-state index contributed by atoms with van der Waals surface area (Å²) in [7, 11) is 0. The third-order valence-corrected chi connectivity index (χ3v) is 2.33. The fourth-order valence-electron chi connectivity index (χ4n) is 1.02. The van der Waals surface area contributed by atoms with E-state index in [1.54, 1.807) is 13.0 Å². The summed E-state index contributed by atoms with van der Waals surface area (Å²) in [5, 5.41) is 11.4. The molecule has 0 aliphatic heterocycles. The second kappa shape index (κ2) is 7.41. The molecule has 1 atom stereocenters. The van der Waals surface area contributed by atoms with Gasteiger partial charge in [-0.05, 0) is 24.6 Å². The van der Waals surface area contributed by atoms with Crippen molar-refractivity contribution < 1.29 is 44.2 Å². The zero-order chi connectivity index (χ0) is 11.4. The van der Waals surface area contributed by atoms with Crippen molar-refractivity contribution in [2.24, 2.45) is 0 Å². The van der Waals surface area contributed by atoms with Gasteiger partial charge in [-0.1, -0.05) is 30.1 Å². The first-order chi connectivity index (χ1) is 7.04. The van der Waals surface area contributed by atoms with Crippen molar-refractivity contribution in [2.45, 2.75) is 19.4 Å². The first-order valence-corrected chi connectivity index (χ1v) is 5.12. The minimum Gasteiger partial charge on any atom is -0.546 e. The summed E-state index contributed by atoms with van der Waals surface area (Å²) in [5.41, 5.74) is 0. The molecule has 0 bridgehead atoms. The second-order valence-corrected chi connectivity index (χ2v) is 3.75. The molecular weight excluding hydrogens is 262 g/mol. The van der Waals surface area contributed by atoms with Gasteiger partial charge in [-0.3, -0.25) is 0 Å². The molecule has 1 aromatic rings. The van der Waals surface area contributed by atoms with Crippen LogP contribution in [-0.4, -0.2) is 12.1 Å². The van der Waals surface area contributed by atoms with Crippen LogP contribution in [0.4, 0.5) is 0 Å². The molecule has 0 aromatic heterocycles. The first kappa shape index (κ1) is 16.1. The number of carbonyl (C=O) groups is 1. The number of hydrogen-bond donors (Lipinski definition) is 0. The summed E-state index contributed by atoms with van der Waals surface area (Å²) < 4.78 is 5.16. The van der Waals surface area contributed by atoms with E-state index < -0.39 is 12.1 Å². The molecule has 1 rings (SSSR count). The van der Waals surface area contributed by atoms with Crippen molar-refractivity contribution in [3.05, 3.63) is 28.2 Å². The van der Waals surface area contributed by atoms with E-state index in [4.69, 9.17) is 27.9 Å². The Morgan fingerprint density at radius 3 is 2.56 bits per heavy atom. The maximum Gasteiger partial charge on any atom is 1.00 e. The number of halogens is 2. The van der Waals surface area contributed by atoms with Gasteiger partial charge in [0, 0.05) is 5.02 Å². The van der Waals surface area contributed by atoms with Crippen LogP contribution in [-0.2, 0) is 4.79 Å². The van der Waals surface area contributed by atoms with Crippen LogP contribution in [0.3, 0.4) is 0 Å². The van der Waals surface area contributed by atoms with Gasteiger partial charge in [-0.15, -0.1) is 0 Å². The van der Waals surface area contributed by atoms with Crippen molar-refractivity contribution in [1.82, 2.24) is 0 Å². The predicted molar refractivity (Wildman–Crippen MR) is 56.2 cm³/mol. The van der Waals surface area contributed by atoms with Gasteiger partial charge in [0.05, 0.1) is 11.0 Å². The smallest absolute Gasteiger partial charge is 0.546 e. The molecule has 16 heavy (non-hydrogen) atoms. The molecule has 0 heterocycles. The zero-order valence-electron chi connectivity index (χ0n) is 9.00. The molecule has 0 aliphatic carbocycles. The van der Waals surface area contributed by atoms with Gasteiger partial charge >= 0.3 is 29.6 Å². The van der Waals surface area contributed by atoms with Crippen LogP contribution in [0.25, 0.3) is 0 Å². The molecule has 0 fully saturated rings. The van der Waals surface area contributed by atoms with Crippen LogP contribution < -0.4 is 39.4 Å². The van der Waals surface area contributed by atoms with Crippen LogP contribution >= 0.6 is 23.2 Å². The summed E-state index contributed by atoms with van der Waals surface area (Å²) in [6.45, 7) is 1.68. The number of carboxylic acid groups (broad SMARTS) is 1. The van der Waals surface area contributed by atoms with E-state index in [1.807, 2.05) is 0 Å². The molecule has 82 valence electrons. The average Bonchev–Trinajstić information content (AvgIpc) is 2.16. The van der Waals surface area contributed by atoms with Crippen LogP contribution in [0.2, 0.25) is 10.0 Å². The molecule has 6 heteroatoms. The van der Waals surface area contributed by atoms with E-state index >= 15 is 0 Å². The molecule has 3 nitrogen and oxygen atoms in total. The number of carboxylic acids is 1. The largest absolute Gasteiger partial charge is 1.00 e. The standard InChI is InChI=1S/C10H10Cl2O3.Na/c1-2-8(10(13)14)15-9-4-3-6(11)5-7(9)12;/h3-5,8H,2H2,1H3,(H,13,14);/q;+1/p-1/t8-;/m0./s1. The first-order valence-electron chi connectivity index (χ1n) is 4.37. The summed E-state index contributed by atoms with van der Waals surface area (Å²) in [6, 6.07) is 4.58. The number of aliphatic carboxylic acids is 1. The third-order valence-electron chi connectivity index (χ3n) is 1.80. The molecule has 0 aliphatic rings. The minimum absolute atomic E-state index is 0. The predicted octanol–water partition coefficient (Wildman–Crippen LogP) is -1.10. The van der Waals surface area contributed by atoms with E-state index in [-0.39, 0.29) is 40.3 Å². The summed E-state index contributed by atoms with van der Waals surface area (Å²) in [6.07, 6.45) is -0.690. The fraction of sp³-hybridized carbons (Fsp3) is 0.300. The SMILES string of the molecule is CC[C@H](Oc1ccc(Cl)cc1Cl)C(=O)[O-].[Na+]. The number of benzene rings is 1. The molecule has 0 amide bonds. The van der Waals surface area contributed by atoms with E-state index in [9.17, 15) is 9.90 Å². The number of hydrogen-bond acceptors (Lipinski definition) is 3. The van der Waals surface area contributed by atoms with Crippen LogP contribution in [0.15, 0.2) is 18.2 Å². The molecule has 0 saturated carbocycles. The molecule has 1 aromatic carbocycles. The van der Waals surface area contributed by atoms with Crippen molar-refractivity contribution in [3.8, 4) is 5.75 Å². The van der Waals surface area contributed by atoms with E-state index in [2.05, 4.69) is 0 Å². The van der Waals surface area contributed by atoms with Crippen LogP contribution in [0.1, 0.15) is 13.3 Å². The van der Waals surface area contributed by atoms with Crippen molar-refractivity contribution in [1.29, 1.82) is 0 Å². The summed E-state index contributed by atoms with van der Waals surface area (Å²) >= 11 is 11.5. The Morgan fingerprint density at radius 2 is 2.12 bits per heavy atom. The molecular formula is C10H9Cl2NaO3. The Morgan fingerprint density at radius 1 is 1.50 bits per heavy atom. The quantitative estimate of drug-likeness (QED) is 0.653. The van der Waals surface area contributed by atoms with Crippen molar-refractivity contribution >= 4 is 29.2 Å². The van der Waals surface area contributed by atoms with Crippen LogP contribution in [0.5, 0.6) is 5.75 Å². The van der Waals surface area contributed by atoms with Gasteiger partial charge in [0.2, 0.25) is 0 Å². The third kappa shape index (κ3) is 4.52. The number of rotatable bonds is 4. The maximum absolute atomic E-state index is 10.6. The molecule has 0 N–H and O–H groups in total. The Balaban J connectivity index is 0.00000225.